The third kappa shape index (κ3) is 3.51. The molecular weight excluding hydrogens is 206 g/mol. The number of nitrogens with zero attached hydrogens (tertiary/aromatic N) is 1. The molecule has 1 amide bonds. The summed E-state index contributed by atoms with van der Waals surface area (Å²) in [7, 11) is 0. The van der Waals surface area contributed by atoms with E-state index in [4.69, 9.17) is 5.11 Å². The fourth-order valence-corrected chi connectivity index (χ4v) is 2.04. The van der Waals surface area contributed by atoms with Gasteiger partial charge in [-0.3, -0.25) is 9.59 Å². The molecule has 4 heteroatoms. The SMILES string of the molecule is CC(C)C(CN1CCCCCC1=O)C(=O)O. The first-order valence-electron chi connectivity index (χ1n) is 6.03. The van der Waals surface area contributed by atoms with Gasteiger partial charge in [0.05, 0.1) is 5.92 Å². The Morgan fingerprint density at radius 3 is 2.62 bits per heavy atom. The zero-order valence-electron chi connectivity index (χ0n) is 10.1. The molecule has 1 heterocycles. The second-order valence-electron chi connectivity index (χ2n) is 4.84. The number of rotatable bonds is 4. The van der Waals surface area contributed by atoms with Gasteiger partial charge in [0, 0.05) is 19.5 Å². The number of likely N-dealkylation sites (tertiary alicyclic amines) is 1. The van der Waals surface area contributed by atoms with Crippen LogP contribution in [0.2, 0.25) is 0 Å². The lowest BCUT2D eigenvalue weighted by Gasteiger charge is -2.26. The van der Waals surface area contributed by atoms with E-state index in [1.165, 1.54) is 0 Å². The normalized spacial score (nSPS) is 19.7. The van der Waals surface area contributed by atoms with E-state index in [2.05, 4.69) is 0 Å². The molecule has 0 aromatic carbocycles. The summed E-state index contributed by atoms with van der Waals surface area (Å²) in [5, 5.41) is 9.09. The minimum atomic E-state index is -0.799. The van der Waals surface area contributed by atoms with Gasteiger partial charge < -0.3 is 10.0 Å². The zero-order valence-corrected chi connectivity index (χ0v) is 10.1. The largest absolute Gasteiger partial charge is 0.481 e. The number of carboxylic acid groups (broad SMARTS) is 1. The molecule has 1 rings (SSSR count). The van der Waals surface area contributed by atoms with E-state index in [1.54, 1.807) is 4.90 Å². The lowest BCUT2D eigenvalue weighted by Crippen LogP contribution is -2.39. The Hall–Kier alpha value is -1.06. The zero-order chi connectivity index (χ0) is 12.1. The Kier molecular flexibility index (Phi) is 4.77. The van der Waals surface area contributed by atoms with Crippen molar-refractivity contribution in [3.8, 4) is 0 Å². The molecule has 0 aromatic heterocycles. The van der Waals surface area contributed by atoms with Crippen LogP contribution in [-0.2, 0) is 9.59 Å². The second kappa shape index (κ2) is 5.87. The van der Waals surface area contributed by atoms with Crippen molar-refractivity contribution >= 4 is 11.9 Å². The summed E-state index contributed by atoms with van der Waals surface area (Å²) in [5.74, 6) is -1.06. The number of hydrogen-bond donors (Lipinski definition) is 1. The predicted molar refractivity (Wildman–Crippen MR) is 61.0 cm³/mol. The number of aliphatic carboxylic acids is 1. The molecule has 1 fully saturated rings. The van der Waals surface area contributed by atoms with Gasteiger partial charge in [-0.05, 0) is 18.8 Å². The maximum Gasteiger partial charge on any atom is 0.308 e. The Bertz CT molecular complexity index is 263. The number of hydrogen-bond acceptors (Lipinski definition) is 2. The Morgan fingerprint density at radius 1 is 1.38 bits per heavy atom. The van der Waals surface area contributed by atoms with E-state index in [0.717, 1.165) is 25.8 Å². The van der Waals surface area contributed by atoms with Gasteiger partial charge in [-0.15, -0.1) is 0 Å². The van der Waals surface area contributed by atoms with Crippen molar-refractivity contribution in [1.82, 2.24) is 4.90 Å². The van der Waals surface area contributed by atoms with Crippen LogP contribution in [0.5, 0.6) is 0 Å². The number of carboxylic acids is 1. The van der Waals surface area contributed by atoms with E-state index >= 15 is 0 Å². The molecular formula is C12H21NO3. The average Bonchev–Trinajstić information content (AvgIpc) is 2.39. The fraction of sp³-hybridized carbons (Fsp3) is 0.833. The van der Waals surface area contributed by atoms with Crippen LogP contribution in [0, 0.1) is 11.8 Å². The van der Waals surface area contributed by atoms with Crippen LogP contribution in [0.4, 0.5) is 0 Å². The first kappa shape index (κ1) is 13.0. The highest BCUT2D eigenvalue weighted by molar-refractivity contribution is 5.77. The van der Waals surface area contributed by atoms with Crippen LogP contribution in [0.3, 0.4) is 0 Å². The molecule has 0 radical (unpaired) electrons. The summed E-state index contributed by atoms with van der Waals surface area (Å²) >= 11 is 0. The van der Waals surface area contributed by atoms with Gasteiger partial charge in [-0.2, -0.15) is 0 Å². The highest BCUT2D eigenvalue weighted by atomic mass is 16.4. The third-order valence-corrected chi connectivity index (χ3v) is 3.21. The van der Waals surface area contributed by atoms with Gasteiger partial charge in [0.2, 0.25) is 5.91 Å². The molecule has 1 saturated heterocycles. The van der Waals surface area contributed by atoms with E-state index in [0.29, 0.717) is 13.0 Å². The minimum Gasteiger partial charge on any atom is -0.481 e. The molecule has 1 atom stereocenters. The van der Waals surface area contributed by atoms with E-state index in [1.807, 2.05) is 13.8 Å². The first-order chi connectivity index (χ1) is 7.52. The standard InChI is InChI=1S/C12H21NO3/c1-9(2)10(12(15)16)8-13-7-5-3-4-6-11(13)14/h9-10H,3-8H2,1-2H3,(H,15,16). The van der Waals surface area contributed by atoms with Crippen LogP contribution in [-0.4, -0.2) is 35.0 Å². The van der Waals surface area contributed by atoms with Crippen LogP contribution in [0.25, 0.3) is 0 Å². The summed E-state index contributed by atoms with van der Waals surface area (Å²) in [5.41, 5.74) is 0. The van der Waals surface area contributed by atoms with E-state index < -0.39 is 11.9 Å². The van der Waals surface area contributed by atoms with Crippen LogP contribution < -0.4 is 0 Å². The molecule has 0 bridgehead atoms. The maximum absolute atomic E-state index is 11.7. The molecule has 4 nitrogen and oxygen atoms in total. The lowest BCUT2D eigenvalue weighted by molar-refractivity contribution is -0.145. The Labute approximate surface area is 96.6 Å². The molecule has 92 valence electrons. The summed E-state index contributed by atoms with van der Waals surface area (Å²) in [4.78, 5) is 24.5. The molecule has 1 N–H and O–H groups in total. The van der Waals surface area contributed by atoms with E-state index in [-0.39, 0.29) is 11.8 Å². The molecule has 1 aliphatic rings. The maximum atomic E-state index is 11.7. The third-order valence-electron chi connectivity index (χ3n) is 3.21. The summed E-state index contributed by atoms with van der Waals surface area (Å²) in [6, 6.07) is 0. The van der Waals surface area contributed by atoms with Crippen molar-refractivity contribution < 1.29 is 14.7 Å². The van der Waals surface area contributed by atoms with Crippen molar-refractivity contribution in [2.45, 2.75) is 39.5 Å². The van der Waals surface area contributed by atoms with Gasteiger partial charge >= 0.3 is 5.97 Å². The highest BCUT2D eigenvalue weighted by Crippen LogP contribution is 2.17. The van der Waals surface area contributed by atoms with Crippen LogP contribution >= 0.6 is 0 Å². The predicted octanol–water partition coefficient (Wildman–Crippen LogP) is 1.75. The minimum absolute atomic E-state index is 0.0635. The Morgan fingerprint density at radius 2 is 2.06 bits per heavy atom. The lowest BCUT2D eigenvalue weighted by atomic mass is 9.95. The van der Waals surface area contributed by atoms with Gasteiger partial charge in [-0.1, -0.05) is 20.3 Å². The quantitative estimate of drug-likeness (QED) is 0.796. The molecule has 0 aliphatic carbocycles. The number of carbonyl (C=O) groups excluding carboxylic acids is 1. The first-order valence-corrected chi connectivity index (χ1v) is 6.03. The van der Waals surface area contributed by atoms with Crippen molar-refractivity contribution in [2.24, 2.45) is 11.8 Å². The topological polar surface area (TPSA) is 57.6 Å². The van der Waals surface area contributed by atoms with Crippen molar-refractivity contribution in [1.29, 1.82) is 0 Å². The average molecular weight is 227 g/mol. The molecule has 1 unspecified atom stereocenters. The Balaban J connectivity index is 2.61. The van der Waals surface area contributed by atoms with Crippen molar-refractivity contribution in [3.63, 3.8) is 0 Å². The highest BCUT2D eigenvalue weighted by Gasteiger charge is 2.27. The summed E-state index contributed by atoms with van der Waals surface area (Å²) < 4.78 is 0. The van der Waals surface area contributed by atoms with Crippen LogP contribution in [0.15, 0.2) is 0 Å². The van der Waals surface area contributed by atoms with E-state index in [9.17, 15) is 9.59 Å². The molecule has 0 aromatic rings. The molecule has 0 saturated carbocycles. The number of carbonyl (C=O) groups is 2. The van der Waals surface area contributed by atoms with Gasteiger partial charge in [-0.25, -0.2) is 0 Å². The van der Waals surface area contributed by atoms with Gasteiger partial charge in [0.25, 0.3) is 0 Å². The molecule has 16 heavy (non-hydrogen) atoms. The van der Waals surface area contributed by atoms with Gasteiger partial charge in [0.15, 0.2) is 0 Å². The summed E-state index contributed by atoms with van der Waals surface area (Å²) in [6.07, 6.45) is 3.58. The summed E-state index contributed by atoms with van der Waals surface area (Å²) in [6.45, 7) is 4.86. The van der Waals surface area contributed by atoms with Crippen LogP contribution in [0.1, 0.15) is 39.5 Å². The smallest absolute Gasteiger partial charge is 0.308 e. The molecule has 1 aliphatic heterocycles. The van der Waals surface area contributed by atoms with Crippen molar-refractivity contribution in [2.75, 3.05) is 13.1 Å². The number of amides is 1. The fourth-order valence-electron chi connectivity index (χ4n) is 2.04. The monoisotopic (exact) mass is 227 g/mol. The van der Waals surface area contributed by atoms with Gasteiger partial charge in [0.1, 0.15) is 0 Å². The van der Waals surface area contributed by atoms with Crippen molar-refractivity contribution in [3.05, 3.63) is 0 Å². The molecule has 0 spiro atoms. The second-order valence-corrected chi connectivity index (χ2v) is 4.84.